The molecule has 0 aromatic carbocycles. The van der Waals surface area contributed by atoms with Crippen molar-refractivity contribution in [3.63, 3.8) is 0 Å². The van der Waals surface area contributed by atoms with Crippen LogP contribution in [0.2, 0.25) is 0 Å². The molecule has 2 aromatic rings. The van der Waals surface area contributed by atoms with Crippen molar-refractivity contribution in [2.24, 2.45) is 0 Å². The number of rotatable bonds is 5. The highest BCUT2D eigenvalue weighted by atomic mass is 15.4. The molecule has 8 heteroatoms. The molecule has 2 aliphatic rings. The van der Waals surface area contributed by atoms with Gasteiger partial charge in [-0.3, -0.25) is 4.57 Å². The number of aryl methyl sites for hydroxylation is 1. The second-order valence-electron chi connectivity index (χ2n) is 6.53. The van der Waals surface area contributed by atoms with Crippen molar-refractivity contribution in [1.29, 1.82) is 0 Å². The van der Waals surface area contributed by atoms with Gasteiger partial charge in [0.2, 0.25) is 5.95 Å². The Bertz CT molecular complexity index is 792. The smallest absolute Gasteiger partial charge is 0.228 e. The number of hydrogen-bond acceptors (Lipinski definition) is 7. The van der Waals surface area contributed by atoms with Crippen LogP contribution in [0.15, 0.2) is 18.6 Å². The van der Waals surface area contributed by atoms with Gasteiger partial charge >= 0.3 is 0 Å². The van der Waals surface area contributed by atoms with Crippen LogP contribution in [0.1, 0.15) is 50.3 Å². The van der Waals surface area contributed by atoms with Crippen LogP contribution in [0, 0.1) is 6.92 Å². The van der Waals surface area contributed by atoms with Crippen molar-refractivity contribution in [2.45, 2.75) is 51.6 Å². The second kappa shape index (κ2) is 6.34. The van der Waals surface area contributed by atoms with E-state index in [9.17, 15) is 0 Å². The average molecular weight is 340 g/mol. The topological polar surface area (TPSA) is 83.8 Å². The van der Waals surface area contributed by atoms with Crippen LogP contribution in [-0.2, 0) is 0 Å². The Kier molecular flexibility index (Phi) is 4.03. The quantitative estimate of drug-likeness (QED) is 0.864. The van der Waals surface area contributed by atoms with E-state index >= 15 is 0 Å². The Balaban J connectivity index is 1.82. The van der Waals surface area contributed by atoms with E-state index < -0.39 is 0 Å². The first-order valence-electron chi connectivity index (χ1n) is 8.91. The molecule has 132 valence electrons. The minimum absolute atomic E-state index is 0.203. The monoisotopic (exact) mass is 340 g/mol. The third-order valence-corrected chi connectivity index (χ3v) is 5.04. The Hall–Kier alpha value is -2.64. The summed E-state index contributed by atoms with van der Waals surface area (Å²) in [6.45, 7) is 4.18. The fourth-order valence-corrected chi connectivity index (χ4v) is 3.62. The Morgan fingerprint density at radius 2 is 2.12 bits per heavy atom. The van der Waals surface area contributed by atoms with Crippen LogP contribution < -0.4 is 15.5 Å². The lowest BCUT2D eigenvalue weighted by atomic mass is 9.89. The minimum atomic E-state index is 0.203. The van der Waals surface area contributed by atoms with Crippen LogP contribution in [0.3, 0.4) is 0 Å². The van der Waals surface area contributed by atoms with Crippen LogP contribution in [-0.4, -0.2) is 37.8 Å². The summed E-state index contributed by atoms with van der Waals surface area (Å²) in [5.74, 6) is 3.45. The molecule has 1 atom stereocenters. The largest absolute Gasteiger partial charge is 0.393 e. The molecule has 3 heterocycles. The molecule has 4 rings (SSSR count). The highest BCUT2D eigenvalue weighted by molar-refractivity contribution is 5.64. The normalized spacial score (nSPS) is 19.5. The molecule has 2 aromatic heterocycles. The van der Waals surface area contributed by atoms with Gasteiger partial charge in [0, 0.05) is 25.5 Å². The number of hydrogen-bond donors (Lipinski definition) is 2. The second-order valence-corrected chi connectivity index (χ2v) is 6.53. The van der Waals surface area contributed by atoms with Crippen molar-refractivity contribution < 1.29 is 0 Å². The van der Waals surface area contributed by atoms with Gasteiger partial charge < -0.3 is 15.5 Å². The maximum absolute atomic E-state index is 4.84. The summed E-state index contributed by atoms with van der Waals surface area (Å²) in [7, 11) is 1.85. The lowest BCUT2D eigenvalue weighted by Crippen LogP contribution is -2.46. The molecule has 0 spiro atoms. The molecule has 0 unspecified atom stereocenters. The van der Waals surface area contributed by atoms with Crippen molar-refractivity contribution in [3.05, 3.63) is 30.2 Å². The van der Waals surface area contributed by atoms with Crippen molar-refractivity contribution in [3.8, 4) is 5.69 Å². The van der Waals surface area contributed by atoms with Crippen LogP contribution >= 0.6 is 0 Å². The molecule has 0 radical (unpaired) electrons. The number of aromatic nitrogens is 5. The zero-order valence-electron chi connectivity index (χ0n) is 14.9. The van der Waals surface area contributed by atoms with Gasteiger partial charge in [0.15, 0.2) is 11.6 Å². The first-order valence-corrected chi connectivity index (χ1v) is 8.91. The Morgan fingerprint density at radius 3 is 2.80 bits per heavy atom. The molecule has 0 saturated heterocycles. The molecule has 1 aliphatic carbocycles. The van der Waals surface area contributed by atoms with E-state index in [-0.39, 0.29) is 6.04 Å². The lowest BCUT2D eigenvalue weighted by molar-refractivity contribution is 0.342. The van der Waals surface area contributed by atoms with Crippen LogP contribution in [0.25, 0.3) is 5.69 Å². The van der Waals surface area contributed by atoms with Crippen LogP contribution in [0.4, 0.5) is 11.8 Å². The predicted molar refractivity (Wildman–Crippen MR) is 96.7 cm³/mol. The summed E-state index contributed by atoms with van der Waals surface area (Å²) in [4.78, 5) is 11.7. The first kappa shape index (κ1) is 15.9. The third-order valence-electron chi connectivity index (χ3n) is 5.04. The predicted octanol–water partition coefficient (Wildman–Crippen LogP) is 2.29. The number of nitrogens with one attached hydrogen (secondary N) is 2. The van der Waals surface area contributed by atoms with E-state index in [4.69, 9.17) is 4.98 Å². The molecule has 0 amide bonds. The Morgan fingerprint density at radius 1 is 1.28 bits per heavy atom. The molecule has 1 saturated carbocycles. The Labute approximate surface area is 147 Å². The van der Waals surface area contributed by atoms with Gasteiger partial charge in [-0.25, -0.2) is 4.98 Å². The summed E-state index contributed by atoms with van der Waals surface area (Å²) >= 11 is 0. The maximum atomic E-state index is 4.84. The highest BCUT2D eigenvalue weighted by Gasteiger charge is 2.40. The fourth-order valence-electron chi connectivity index (χ4n) is 3.62. The molecular formula is C17H24N8. The standard InChI is InChI=1S/C17H24N8/c1-4-13-16-23-22-11(2)24(16)14-10-20-17(19-9-8-18-3)21-15(14)25(13)12-6-5-7-12/h8-10,12-13,18H,4-7H2,1-3H3,(H,19,20,21)/b9-8-/t13-/m1/s1. The highest BCUT2D eigenvalue weighted by Crippen LogP contribution is 2.43. The van der Waals surface area contributed by atoms with Gasteiger partial charge in [0.1, 0.15) is 11.5 Å². The molecule has 2 N–H and O–H groups in total. The summed E-state index contributed by atoms with van der Waals surface area (Å²) in [5, 5.41) is 14.8. The zero-order chi connectivity index (χ0) is 17.4. The molecule has 1 aliphatic heterocycles. The van der Waals surface area contributed by atoms with E-state index in [0.717, 1.165) is 29.6 Å². The van der Waals surface area contributed by atoms with Gasteiger partial charge in [-0.2, -0.15) is 4.98 Å². The SMILES string of the molecule is CC[C@@H]1c2nnc(C)n2-c2cnc(N/C=C\NC)nc2N1C1CCC1. The van der Waals surface area contributed by atoms with Gasteiger partial charge in [-0.1, -0.05) is 6.92 Å². The van der Waals surface area contributed by atoms with Crippen molar-refractivity contribution in [1.82, 2.24) is 30.0 Å². The number of fused-ring (bicyclic) bond motifs is 3. The zero-order valence-corrected chi connectivity index (χ0v) is 14.9. The number of anilines is 2. The third kappa shape index (κ3) is 2.52. The van der Waals surface area contributed by atoms with Gasteiger partial charge in [0.25, 0.3) is 0 Å². The van der Waals surface area contributed by atoms with E-state index in [2.05, 4.69) is 42.2 Å². The minimum Gasteiger partial charge on any atom is -0.393 e. The first-order chi connectivity index (χ1) is 12.2. The summed E-state index contributed by atoms with van der Waals surface area (Å²) in [6, 6.07) is 0.722. The van der Waals surface area contributed by atoms with Crippen molar-refractivity contribution in [2.75, 3.05) is 17.3 Å². The lowest BCUT2D eigenvalue weighted by Gasteiger charge is -2.45. The van der Waals surface area contributed by atoms with E-state index in [1.54, 1.807) is 6.20 Å². The molecule has 25 heavy (non-hydrogen) atoms. The molecule has 8 nitrogen and oxygen atoms in total. The van der Waals surface area contributed by atoms with E-state index in [1.807, 2.05) is 26.4 Å². The summed E-state index contributed by atoms with van der Waals surface area (Å²) in [5.41, 5.74) is 0.970. The van der Waals surface area contributed by atoms with Gasteiger partial charge in [-0.05, 0) is 32.6 Å². The molecular weight excluding hydrogens is 316 g/mol. The maximum Gasteiger partial charge on any atom is 0.228 e. The fraction of sp³-hybridized carbons (Fsp3) is 0.529. The summed E-state index contributed by atoms with van der Waals surface area (Å²) < 4.78 is 2.10. The molecule has 0 bridgehead atoms. The van der Waals surface area contributed by atoms with Crippen molar-refractivity contribution >= 4 is 11.8 Å². The van der Waals surface area contributed by atoms with Crippen LogP contribution in [0.5, 0.6) is 0 Å². The number of nitrogens with zero attached hydrogens (tertiary/aromatic N) is 6. The van der Waals surface area contributed by atoms with E-state index in [1.165, 1.54) is 19.3 Å². The van der Waals surface area contributed by atoms with Gasteiger partial charge in [-0.15, -0.1) is 10.2 Å². The van der Waals surface area contributed by atoms with E-state index in [0.29, 0.717) is 12.0 Å². The van der Waals surface area contributed by atoms with Gasteiger partial charge in [0.05, 0.1) is 12.2 Å². The summed E-state index contributed by atoms with van der Waals surface area (Å²) in [6.07, 6.45) is 10.1. The average Bonchev–Trinajstić information content (AvgIpc) is 2.95. The molecule has 1 fully saturated rings.